The number of hydrogen-bond donors (Lipinski definition) is 3. The zero-order chi connectivity index (χ0) is 34.4. The number of ether oxygens (including phenoxy) is 1. The molecule has 0 saturated carbocycles. The van der Waals surface area contributed by atoms with E-state index >= 15 is 0 Å². The number of carbonyl (C=O) groups is 2. The number of alkyl halides is 3. The van der Waals surface area contributed by atoms with Crippen LogP contribution >= 0.6 is 11.3 Å². The molecule has 4 rings (SSSR count). The molecule has 0 saturated heterocycles. The quantitative estimate of drug-likeness (QED) is 0.126. The van der Waals surface area contributed by atoms with Gasteiger partial charge in [0, 0.05) is 13.1 Å². The highest BCUT2D eigenvalue weighted by Crippen LogP contribution is 2.30. The first kappa shape index (κ1) is 35.7. The van der Waals surface area contributed by atoms with Crippen molar-refractivity contribution < 1.29 is 40.4 Å². The number of likely N-dealkylation sites (N-methyl/N-ethyl adjacent to an activating group) is 1. The van der Waals surface area contributed by atoms with Crippen LogP contribution in [0.4, 0.5) is 13.2 Å². The number of rotatable bonds is 15. The van der Waals surface area contributed by atoms with Crippen molar-refractivity contribution in [2.75, 3.05) is 34.2 Å². The molecule has 0 aliphatic rings. The number of hydrogen-bond acceptors (Lipinski definition) is 9. The van der Waals surface area contributed by atoms with Gasteiger partial charge in [-0.1, -0.05) is 17.3 Å². The van der Waals surface area contributed by atoms with Crippen molar-refractivity contribution in [1.82, 2.24) is 30.6 Å². The smallest absolute Gasteiger partial charge is 0.416 e. The zero-order valence-electron chi connectivity index (χ0n) is 26.0. The van der Waals surface area contributed by atoms with Crippen LogP contribution in [0.1, 0.15) is 42.1 Å². The van der Waals surface area contributed by atoms with Crippen LogP contribution in [0.2, 0.25) is 0 Å². The van der Waals surface area contributed by atoms with Crippen molar-refractivity contribution in [3.8, 4) is 5.75 Å². The number of benzene rings is 2. The Balaban J connectivity index is 1.40. The second-order valence-corrected chi connectivity index (χ2v) is 14.6. The minimum atomic E-state index is -4.46. The van der Waals surface area contributed by atoms with E-state index in [1.165, 1.54) is 16.8 Å². The first-order valence-electron chi connectivity index (χ1n) is 14.5. The number of unbranched alkanes of at least 4 members (excludes halogenated alkanes) is 1. The summed E-state index contributed by atoms with van der Waals surface area (Å²) >= 11 is 0.916. The summed E-state index contributed by atoms with van der Waals surface area (Å²) in [5.74, 6) is -0.0592. The molecule has 1 unspecified atom stereocenters. The summed E-state index contributed by atoms with van der Waals surface area (Å²) < 4.78 is 70.1. The molecule has 2 amide bonds. The second kappa shape index (κ2) is 14.7. The van der Waals surface area contributed by atoms with Gasteiger partial charge in [0.1, 0.15) is 24.1 Å². The maximum absolute atomic E-state index is 13.3. The fraction of sp³-hybridized carbons (Fsp3) is 0.414. The van der Waals surface area contributed by atoms with Crippen LogP contribution in [-0.2, 0) is 38.9 Å². The van der Waals surface area contributed by atoms with E-state index in [0.717, 1.165) is 23.5 Å². The van der Waals surface area contributed by atoms with Crippen LogP contribution < -0.4 is 20.5 Å². The van der Waals surface area contributed by atoms with Gasteiger partial charge in [-0.15, -0.1) is 16.4 Å². The van der Waals surface area contributed by atoms with Gasteiger partial charge in [-0.25, -0.2) is 23.2 Å². The molecule has 1 atom stereocenters. The molecule has 0 fully saturated rings. The Morgan fingerprint density at radius 2 is 1.81 bits per heavy atom. The Kier molecular flexibility index (Phi) is 11.2. The van der Waals surface area contributed by atoms with Crippen LogP contribution in [0.25, 0.3) is 10.2 Å². The zero-order valence-corrected chi connectivity index (χ0v) is 27.6. The third-order valence-corrected chi connectivity index (χ3v) is 9.08. The average Bonchev–Trinajstić information content (AvgIpc) is 3.62. The number of thiazole rings is 1. The fourth-order valence-electron chi connectivity index (χ4n) is 4.46. The highest BCUT2D eigenvalue weighted by atomic mass is 32.2. The van der Waals surface area contributed by atoms with Crippen LogP contribution in [0.5, 0.6) is 5.75 Å². The van der Waals surface area contributed by atoms with Crippen molar-refractivity contribution >= 4 is 43.4 Å². The van der Waals surface area contributed by atoms with Gasteiger partial charge in [0.05, 0.1) is 43.1 Å². The van der Waals surface area contributed by atoms with Gasteiger partial charge >= 0.3 is 6.18 Å². The van der Waals surface area contributed by atoms with Crippen LogP contribution in [0.15, 0.2) is 53.0 Å². The van der Waals surface area contributed by atoms with E-state index in [4.69, 9.17) is 9.88 Å². The lowest BCUT2D eigenvalue weighted by Crippen LogP contribution is -2.44. The number of carbonyl (C=O) groups excluding carboxylic acids is 2. The normalized spacial score (nSPS) is 13.0. The lowest BCUT2D eigenvalue weighted by atomic mass is 10.1. The fourth-order valence-corrected chi connectivity index (χ4v) is 6.15. The number of halogens is 3. The molecular weight excluding hydrogens is 661 g/mol. The predicted octanol–water partition coefficient (Wildman–Crippen LogP) is 2.98. The van der Waals surface area contributed by atoms with E-state index < -0.39 is 33.7 Å². The number of amides is 2. The van der Waals surface area contributed by atoms with Crippen LogP contribution in [0.3, 0.4) is 0 Å². The van der Waals surface area contributed by atoms with Crippen molar-refractivity contribution in [3.05, 3.63) is 65.5 Å². The van der Waals surface area contributed by atoms with Crippen molar-refractivity contribution in [1.29, 1.82) is 0 Å². The van der Waals surface area contributed by atoms with Crippen LogP contribution in [-0.4, -0.2) is 78.9 Å². The van der Waals surface area contributed by atoms with Gasteiger partial charge in [0.25, 0.3) is 15.9 Å². The van der Waals surface area contributed by atoms with Crippen molar-refractivity contribution in [2.45, 2.75) is 49.0 Å². The minimum Gasteiger partial charge on any atom is -0.487 e. The molecule has 47 heavy (non-hydrogen) atoms. The highest BCUT2D eigenvalue weighted by molar-refractivity contribution is 7.91. The van der Waals surface area contributed by atoms with Crippen molar-refractivity contribution in [3.63, 3.8) is 0 Å². The predicted molar refractivity (Wildman–Crippen MR) is 167 cm³/mol. The molecule has 2 heterocycles. The molecule has 0 aliphatic heterocycles. The minimum absolute atomic E-state index is 0.00642. The summed E-state index contributed by atoms with van der Waals surface area (Å²) in [4.78, 5) is 29.5. The maximum Gasteiger partial charge on any atom is 0.416 e. The number of primary sulfonamides is 1. The monoisotopic (exact) mass is 697 g/mol. The summed E-state index contributed by atoms with van der Waals surface area (Å²) in [6, 6.07) is 8.59. The molecule has 2 aromatic carbocycles. The highest BCUT2D eigenvalue weighted by Gasteiger charge is 2.30. The number of aromatic nitrogens is 4. The molecule has 254 valence electrons. The summed E-state index contributed by atoms with van der Waals surface area (Å²) in [6.45, 7) is 0.753. The summed E-state index contributed by atoms with van der Waals surface area (Å²) in [7, 11) is 1.80. The maximum atomic E-state index is 13.3. The number of sulfonamides is 1. The standard InChI is InChI=1S/C29H35F3N8O5S2/c1-40(2,3)17-26(41)34-13-5-4-6-24(27(42)35-15-19-7-9-20(10-8-19)29(30,31)32)39-16-21(37-38-39)18-45-22-11-12-23-25(14-22)46-28(36-23)47(33,43)44/h7-12,14,16,24H,4-6,13,15,17-18H2,1-3H3,(H3-,33,34,35,41,42,43,44)/p+1. The van der Waals surface area contributed by atoms with Gasteiger partial charge in [0.15, 0.2) is 6.54 Å². The van der Waals surface area contributed by atoms with E-state index in [1.54, 1.807) is 24.4 Å². The molecule has 4 aromatic rings. The largest absolute Gasteiger partial charge is 0.487 e. The first-order valence-corrected chi connectivity index (χ1v) is 16.8. The Labute approximate surface area is 273 Å². The third kappa shape index (κ3) is 10.7. The SMILES string of the molecule is C[N+](C)(C)CC(=O)NCCCCC(C(=O)NCc1ccc(C(F)(F)F)cc1)n1cc(COc2ccc3nc(S(N)(=O)=O)sc3c2)nn1. The molecule has 2 aromatic heterocycles. The summed E-state index contributed by atoms with van der Waals surface area (Å²) in [5.41, 5.74) is 0.576. The van der Waals surface area contributed by atoms with Crippen LogP contribution in [0, 0.1) is 0 Å². The van der Waals surface area contributed by atoms with E-state index in [-0.39, 0.29) is 23.4 Å². The van der Waals surface area contributed by atoms with Gasteiger partial charge in [-0.05, 0) is 55.2 Å². The lowest BCUT2D eigenvalue weighted by Gasteiger charge is -2.22. The lowest BCUT2D eigenvalue weighted by molar-refractivity contribution is -0.862. The molecule has 18 heteroatoms. The van der Waals surface area contributed by atoms with Crippen molar-refractivity contribution in [2.24, 2.45) is 5.14 Å². The molecule has 0 radical (unpaired) electrons. The van der Waals surface area contributed by atoms with E-state index in [1.807, 2.05) is 21.1 Å². The summed E-state index contributed by atoms with van der Waals surface area (Å²) in [6.07, 6.45) is -1.39. The summed E-state index contributed by atoms with van der Waals surface area (Å²) in [5, 5.41) is 19.1. The van der Waals surface area contributed by atoms with E-state index in [0.29, 0.717) is 64.1 Å². The Bertz CT molecular complexity index is 1800. The van der Waals surface area contributed by atoms with E-state index in [2.05, 4.69) is 25.9 Å². The molecular formula is C29H36F3N8O5S2+. The van der Waals surface area contributed by atoms with Gasteiger partial charge < -0.3 is 19.9 Å². The third-order valence-electron chi connectivity index (χ3n) is 6.74. The molecule has 0 spiro atoms. The first-order chi connectivity index (χ1) is 22.0. The van der Waals surface area contributed by atoms with E-state index in [9.17, 15) is 31.2 Å². The second-order valence-electron chi connectivity index (χ2n) is 11.9. The Morgan fingerprint density at radius 3 is 2.47 bits per heavy atom. The molecule has 0 aliphatic carbocycles. The van der Waals surface area contributed by atoms with Gasteiger partial charge in [-0.2, -0.15) is 13.2 Å². The van der Waals surface area contributed by atoms with Gasteiger partial charge in [0.2, 0.25) is 10.2 Å². The number of nitrogens with two attached hydrogens (primary N) is 1. The number of nitrogens with one attached hydrogen (secondary N) is 2. The molecule has 4 N–H and O–H groups in total. The molecule has 13 nitrogen and oxygen atoms in total. The molecule has 0 bridgehead atoms. The topological polar surface area (TPSA) is 171 Å². The Hall–Kier alpha value is -4.13. The van der Waals surface area contributed by atoms with Gasteiger partial charge in [-0.3, -0.25) is 9.59 Å². The average molecular weight is 698 g/mol. The Morgan fingerprint density at radius 1 is 1.09 bits per heavy atom. The number of nitrogens with zero attached hydrogens (tertiary/aromatic N) is 5. The number of fused-ring (bicyclic) bond motifs is 1. The number of quaternary nitrogens is 1.